The quantitative estimate of drug-likeness (QED) is 0.692. The molecule has 1 aliphatic heterocycles. The molecule has 0 amide bonds. The molecule has 14 heavy (non-hydrogen) atoms. The Hall–Kier alpha value is -0.340. The van der Waals surface area contributed by atoms with Gasteiger partial charge in [0.1, 0.15) is 0 Å². The fourth-order valence-corrected chi connectivity index (χ4v) is 2.14. The van der Waals surface area contributed by atoms with Crippen molar-refractivity contribution >= 4 is 0 Å². The molecule has 82 valence electrons. The summed E-state index contributed by atoms with van der Waals surface area (Å²) in [4.78, 5) is 2.53. The van der Waals surface area contributed by atoms with Crippen molar-refractivity contribution < 1.29 is 0 Å². The average molecular weight is 196 g/mol. The van der Waals surface area contributed by atoms with Gasteiger partial charge in [-0.05, 0) is 32.9 Å². The molecule has 1 rings (SSSR count). The standard InChI is InChI=1S/C12H24N2/c1-4-6-12-10-14(9-11(2)3)8-5-7-13-12/h12-13H,2,4-10H2,1,3H3. The zero-order chi connectivity index (χ0) is 10.4. The van der Waals surface area contributed by atoms with Crippen LogP contribution in [0.3, 0.4) is 0 Å². The second kappa shape index (κ2) is 6.20. The van der Waals surface area contributed by atoms with Crippen molar-refractivity contribution in [2.45, 2.75) is 39.2 Å². The van der Waals surface area contributed by atoms with E-state index in [-0.39, 0.29) is 0 Å². The van der Waals surface area contributed by atoms with E-state index in [0.717, 1.165) is 6.54 Å². The fourth-order valence-electron chi connectivity index (χ4n) is 2.14. The number of nitrogens with one attached hydrogen (secondary N) is 1. The first-order valence-electron chi connectivity index (χ1n) is 5.82. The maximum absolute atomic E-state index is 3.99. The van der Waals surface area contributed by atoms with Gasteiger partial charge < -0.3 is 5.32 Å². The van der Waals surface area contributed by atoms with E-state index < -0.39 is 0 Å². The van der Waals surface area contributed by atoms with Crippen LogP contribution in [0.4, 0.5) is 0 Å². The first kappa shape index (κ1) is 11.7. The Kier molecular flexibility index (Phi) is 5.20. The zero-order valence-electron chi connectivity index (χ0n) is 9.68. The molecule has 1 N–H and O–H groups in total. The third kappa shape index (κ3) is 4.25. The van der Waals surface area contributed by atoms with Gasteiger partial charge in [0.05, 0.1) is 0 Å². The minimum Gasteiger partial charge on any atom is -0.313 e. The number of rotatable bonds is 4. The summed E-state index contributed by atoms with van der Waals surface area (Å²) in [6, 6.07) is 0.696. The van der Waals surface area contributed by atoms with E-state index in [1.54, 1.807) is 0 Å². The largest absolute Gasteiger partial charge is 0.313 e. The van der Waals surface area contributed by atoms with Crippen molar-refractivity contribution in [1.82, 2.24) is 10.2 Å². The molecule has 0 aromatic rings. The van der Waals surface area contributed by atoms with Gasteiger partial charge in [-0.25, -0.2) is 0 Å². The highest BCUT2D eigenvalue weighted by Gasteiger charge is 2.16. The van der Waals surface area contributed by atoms with Crippen LogP contribution in [0.2, 0.25) is 0 Å². The summed E-state index contributed by atoms with van der Waals surface area (Å²) >= 11 is 0. The smallest absolute Gasteiger partial charge is 0.0195 e. The van der Waals surface area contributed by atoms with Crippen LogP contribution < -0.4 is 5.32 Å². The first-order chi connectivity index (χ1) is 6.72. The van der Waals surface area contributed by atoms with Crippen LogP contribution in [0.25, 0.3) is 0 Å². The topological polar surface area (TPSA) is 15.3 Å². The second-order valence-corrected chi connectivity index (χ2v) is 4.49. The summed E-state index contributed by atoms with van der Waals surface area (Å²) in [5, 5.41) is 3.61. The third-order valence-corrected chi connectivity index (χ3v) is 2.69. The molecule has 0 aliphatic carbocycles. The van der Waals surface area contributed by atoms with Crippen LogP contribution in [-0.4, -0.2) is 37.1 Å². The summed E-state index contributed by atoms with van der Waals surface area (Å²) in [6.45, 7) is 13.0. The minimum absolute atomic E-state index is 0.696. The summed E-state index contributed by atoms with van der Waals surface area (Å²) < 4.78 is 0. The van der Waals surface area contributed by atoms with Gasteiger partial charge in [-0.2, -0.15) is 0 Å². The van der Waals surface area contributed by atoms with E-state index in [9.17, 15) is 0 Å². The van der Waals surface area contributed by atoms with E-state index in [0.29, 0.717) is 6.04 Å². The molecular weight excluding hydrogens is 172 g/mol. The molecule has 0 bridgehead atoms. The van der Waals surface area contributed by atoms with Crippen molar-refractivity contribution in [3.05, 3.63) is 12.2 Å². The minimum atomic E-state index is 0.696. The van der Waals surface area contributed by atoms with Gasteiger partial charge in [-0.3, -0.25) is 4.90 Å². The van der Waals surface area contributed by atoms with Crippen molar-refractivity contribution in [2.75, 3.05) is 26.2 Å². The van der Waals surface area contributed by atoms with Gasteiger partial charge >= 0.3 is 0 Å². The molecule has 2 heteroatoms. The van der Waals surface area contributed by atoms with E-state index in [4.69, 9.17) is 0 Å². The molecule has 2 nitrogen and oxygen atoms in total. The lowest BCUT2D eigenvalue weighted by Gasteiger charge is -2.24. The lowest BCUT2D eigenvalue weighted by atomic mass is 10.1. The summed E-state index contributed by atoms with van der Waals surface area (Å²) in [7, 11) is 0. The van der Waals surface area contributed by atoms with E-state index in [2.05, 4.69) is 30.6 Å². The third-order valence-electron chi connectivity index (χ3n) is 2.69. The molecule has 1 heterocycles. The Bertz CT molecular complexity index is 177. The Morgan fingerprint density at radius 3 is 3.00 bits per heavy atom. The Morgan fingerprint density at radius 1 is 1.57 bits per heavy atom. The van der Waals surface area contributed by atoms with Crippen LogP contribution in [0.1, 0.15) is 33.1 Å². The fraction of sp³-hybridized carbons (Fsp3) is 0.833. The van der Waals surface area contributed by atoms with E-state index in [1.807, 2.05) is 0 Å². The maximum Gasteiger partial charge on any atom is 0.0195 e. The van der Waals surface area contributed by atoms with Crippen molar-refractivity contribution in [3.63, 3.8) is 0 Å². The van der Waals surface area contributed by atoms with Crippen molar-refractivity contribution in [3.8, 4) is 0 Å². The lowest BCUT2D eigenvalue weighted by Crippen LogP contribution is -2.38. The molecule has 0 aromatic carbocycles. The SMILES string of the molecule is C=C(C)CN1CCCNC(CCC)C1. The van der Waals surface area contributed by atoms with Gasteiger partial charge in [0.25, 0.3) is 0 Å². The second-order valence-electron chi connectivity index (χ2n) is 4.49. The number of nitrogens with zero attached hydrogens (tertiary/aromatic N) is 1. The van der Waals surface area contributed by atoms with Crippen LogP contribution in [-0.2, 0) is 0 Å². The van der Waals surface area contributed by atoms with Crippen LogP contribution >= 0.6 is 0 Å². The molecular formula is C12H24N2. The highest BCUT2D eigenvalue weighted by Crippen LogP contribution is 2.07. The molecule has 1 atom stereocenters. The molecule has 0 spiro atoms. The maximum atomic E-state index is 3.99. The predicted molar refractivity (Wildman–Crippen MR) is 62.6 cm³/mol. The number of hydrogen-bond donors (Lipinski definition) is 1. The van der Waals surface area contributed by atoms with Crippen molar-refractivity contribution in [1.29, 1.82) is 0 Å². The molecule has 0 saturated carbocycles. The number of hydrogen-bond acceptors (Lipinski definition) is 2. The van der Waals surface area contributed by atoms with Crippen LogP contribution in [0.15, 0.2) is 12.2 Å². The van der Waals surface area contributed by atoms with E-state index in [1.165, 1.54) is 44.5 Å². The zero-order valence-corrected chi connectivity index (χ0v) is 9.68. The average Bonchev–Trinajstić information content (AvgIpc) is 2.30. The molecule has 0 aromatic heterocycles. The van der Waals surface area contributed by atoms with Crippen molar-refractivity contribution in [2.24, 2.45) is 0 Å². The summed E-state index contributed by atoms with van der Waals surface area (Å²) in [5.74, 6) is 0. The molecule has 0 radical (unpaired) electrons. The normalized spacial score (nSPS) is 24.6. The van der Waals surface area contributed by atoms with Crippen LogP contribution in [0, 0.1) is 0 Å². The predicted octanol–water partition coefficient (Wildman–Crippen LogP) is 2.03. The van der Waals surface area contributed by atoms with Crippen LogP contribution in [0.5, 0.6) is 0 Å². The first-order valence-corrected chi connectivity index (χ1v) is 5.82. The molecule has 1 unspecified atom stereocenters. The Balaban J connectivity index is 2.38. The van der Waals surface area contributed by atoms with Gasteiger partial charge in [-0.1, -0.05) is 25.5 Å². The molecule has 1 saturated heterocycles. The Morgan fingerprint density at radius 2 is 2.36 bits per heavy atom. The monoisotopic (exact) mass is 196 g/mol. The Labute approximate surface area is 88.4 Å². The van der Waals surface area contributed by atoms with Gasteiger partial charge in [0.15, 0.2) is 0 Å². The lowest BCUT2D eigenvalue weighted by molar-refractivity contribution is 0.283. The highest BCUT2D eigenvalue weighted by atomic mass is 15.2. The highest BCUT2D eigenvalue weighted by molar-refractivity contribution is 4.93. The summed E-state index contributed by atoms with van der Waals surface area (Å²) in [5.41, 5.74) is 1.28. The molecule has 1 fully saturated rings. The van der Waals surface area contributed by atoms with Gasteiger partial charge in [-0.15, -0.1) is 0 Å². The van der Waals surface area contributed by atoms with Gasteiger partial charge in [0, 0.05) is 19.1 Å². The molecule has 1 aliphatic rings. The summed E-state index contributed by atoms with van der Waals surface area (Å²) in [6.07, 6.45) is 3.85. The van der Waals surface area contributed by atoms with Gasteiger partial charge in [0.2, 0.25) is 0 Å². The van der Waals surface area contributed by atoms with E-state index >= 15 is 0 Å².